The average molecular weight is 341 g/mol. The fraction of sp³-hybridized carbons (Fsp3) is 0.294. The molecule has 0 aromatic carbocycles. The molecule has 2 N–H and O–H groups in total. The number of hydrogen-bond acceptors (Lipinski definition) is 6. The van der Waals surface area contributed by atoms with Crippen LogP contribution in [0.2, 0.25) is 0 Å². The highest BCUT2D eigenvalue weighted by Gasteiger charge is 2.08. The number of thiophene rings is 1. The minimum Gasteiger partial charge on any atom is -0.369 e. The largest absolute Gasteiger partial charge is 0.369 e. The van der Waals surface area contributed by atoms with E-state index in [0.717, 1.165) is 28.0 Å². The first-order valence-electron chi connectivity index (χ1n) is 7.89. The number of aromatic nitrogens is 3. The fourth-order valence-corrected chi connectivity index (χ4v) is 3.24. The zero-order valence-corrected chi connectivity index (χ0v) is 14.3. The maximum atomic E-state index is 11.9. The van der Waals surface area contributed by atoms with Gasteiger partial charge in [-0.1, -0.05) is 13.0 Å². The van der Waals surface area contributed by atoms with Gasteiger partial charge in [-0.2, -0.15) is 0 Å². The highest BCUT2D eigenvalue weighted by atomic mass is 32.1. The molecule has 0 spiro atoms. The third-order valence-corrected chi connectivity index (χ3v) is 4.77. The maximum Gasteiger partial charge on any atom is 0.222 e. The molecule has 0 aliphatic carbocycles. The molecular weight excluding hydrogens is 322 g/mol. The van der Waals surface area contributed by atoms with Crippen molar-refractivity contribution in [2.75, 3.05) is 11.9 Å². The molecule has 0 aliphatic rings. The van der Waals surface area contributed by atoms with Crippen LogP contribution in [0.1, 0.15) is 23.8 Å². The second-order valence-corrected chi connectivity index (χ2v) is 6.44. The topological polar surface area (TPSA) is 79.8 Å². The molecule has 124 valence electrons. The monoisotopic (exact) mass is 341 g/mol. The van der Waals surface area contributed by atoms with Crippen molar-refractivity contribution in [3.8, 4) is 0 Å². The van der Waals surface area contributed by atoms with Crippen LogP contribution in [0.4, 0.5) is 5.82 Å². The second-order valence-electron chi connectivity index (χ2n) is 5.32. The molecule has 0 atom stereocenters. The van der Waals surface area contributed by atoms with E-state index < -0.39 is 0 Å². The van der Waals surface area contributed by atoms with Crippen LogP contribution in [0, 0.1) is 0 Å². The number of carbonyl (C=O) groups is 1. The van der Waals surface area contributed by atoms with E-state index in [1.807, 2.05) is 12.1 Å². The second kappa shape index (κ2) is 7.83. The smallest absolute Gasteiger partial charge is 0.222 e. The normalized spacial score (nSPS) is 10.7. The molecule has 0 aliphatic heterocycles. The maximum absolute atomic E-state index is 11.9. The van der Waals surface area contributed by atoms with Crippen molar-refractivity contribution in [2.24, 2.45) is 0 Å². The summed E-state index contributed by atoms with van der Waals surface area (Å²) in [6.07, 6.45) is 6.39. The number of fused-ring (bicyclic) bond motifs is 1. The summed E-state index contributed by atoms with van der Waals surface area (Å²) in [4.78, 5) is 26.8. The number of aryl methyl sites for hydroxylation is 1. The Morgan fingerprint density at radius 3 is 3.04 bits per heavy atom. The Labute approximate surface area is 144 Å². The molecule has 0 bridgehead atoms. The molecule has 3 aromatic rings. The first-order valence-corrected chi connectivity index (χ1v) is 8.71. The molecular formula is C17H19N5OS. The number of nitrogens with one attached hydrogen (secondary N) is 2. The van der Waals surface area contributed by atoms with Crippen LogP contribution in [0.25, 0.3) is 10.2 Å². The number of amides is 1. The number of anilines is 1. The molecule has 1 amide bonds. The van der Waals surface area contributed by atoms with E-state index in [-0.39, 0.29) is 5.91 Å². The van der Waals surface area contributed by atoms with Gasteiger partial charge in [0.2, 0.25) is 5.91 Å². The Balaban J connectivity index is 1.51. The molecule has 3 rings (SSSR count). The van der Waals surface area contributed by atoms with E-state index in [0.29, 0.717) is 19.5 Å². The minimum atomic E-state index is -0.00350. The Morgan fingerprint density at radius 1 is 1.33 bits per heavy atom. The SMILES string of the molecule is CCc1cc2c(NCCC(=O)NCc3cccnc3)ncnc2s1. The van der Waals surface area contributed by atoms with Gasteiger partial charge < -0.3 is 10.6 Å². The molecule has 0 saturated heterocycles. The van der Waals surface area contributed by atoms with Crippen LogP contribution in [0.15, 0.2) is 36.9 Å². The van der Waals surface area contributed by atoms with Gasteiger partial charge in [-0.25, -0.2) is 9.97 Å². The van der Waals surface area contributed by atoms with Crippen molar-refractivity contribution in [1.82, 2.24) is 20.3 Å². The van der Waals surface area contributed by atoms with E-state index in [1.165, 1.54) is 4.88 Å². The van der Waals surface area contributed by atoms with Crippen LogP contribution in [-0.2, 0) is 17.8 Å². The fourth-order valence-electron chi connectivity index (χ4n) is 2.31. The van der Waals surface area contributed by atoms with Gasteiger partial charge in [-0.05, 0) is 24.1 Å². The van der Waals surface area contributed by atoms with Crippen molar-refractivity contribution in [2.45, 2.75) is 26.3 Å². The van der Waals surface area contributed by atoms with Gasteiger partial charge in [0, 0.05) is 36.8 Å². The highest BCUT2D eigenvalue weighted by Crippen LogP contribution is 2.28. The predicted octanol–water partition coefficient (Wildman–Crippen LogP) is 2.77. The van der Waals surface area contributed by atoms with Crippen LogP contribution >= 0.6 is 11.3 Å². The summed E-state index contributed by atoms with van der Waals surface area (Å²) >= 11 is 1.68. The molecule has 6 nitrogen and oxygen atoms in total. The summed E-state index contributed by atoms with van der Waals surface area (Å²) in [5.74, 6) is 0.784. The molecule has 3 aromatic heterocycles. The first kappa shape index (κ1) is 16.3. The zero-order chi connectivity index (χ0) is 16.8. The lowest BCUT2D eigenvalue weighted by molar-refractivity contribution is -0.121. The van der Waals surface area contributed by atoms with Crippen LogP contribution in [-0.4, -0.2) is 27.4 Å². The zero-order valence-electron chi connectivity index (χ0n) is 13.5. The van der Waals surface area contributed by atoms with Crippen LogP contribution in [0.5, 0.6) is 0 Å². The lowest BCUT2D eigenvalue weighted by Gasteiger charge is -2.07. The summed E-state index contributed by atoms with van der Waals surface area (Å²) < 4.78 is 0. The minimum absolute atomic E-state index is 0.00350. The van der Waals surface area contributed by atoms with Crippen molar-refractivity contribution in [3.63, 3.8) is 0 Å². The average Bonchev–Trinajstić information content (AvgIpc) is 3.05. The Kier molecular flexibility index (Phi) is 5.32. The highest BCUT2D eigenvalue weighted by molar-refractivity contribution is 7.18. The number of pyridine rings is 1. The molecule has 24 heavy (non-hydrogen) atoms. The third-order valence-electron chi connectivity index (χ3n) is 3.59. The Bertz CT molecular complexity index is 818. The van der Waals surface area contributed by atoms with Crippen LogP contribution in [0.3, 0.4) is 0 Å². The van der Waals surface area contributed by atoms with Crippen molar-refractivity contribution < 1.29 is 4.79 Å². The summed E-state index contributed by atoms with van der Waals surface area (Å²) in [6.45, 7) is 3.15. The van der Waals surface area contributed by atoms with Crippen molar-refractivity contribution >= 4 is 33.3 Å². The van der Waals surface area contributed by atoms with Crippen molar-refractivity contribution in [3.05, 3.63) is 47.4 Å². The Hall–Kier alpha value is -2.54. The summed E-state index contributed by atoms with van der Waals surface area (Å²) in [6, 6.07) is 5.91. The molecule has 3 heterocycles. The number of hydrogen-bond donors (Lipinski definition) is 2. The quantitative estimate of drug-likeness (QED) is 0.691. The summed E-state index contributed by atoms with van der Waals surface area (Å²) in [5, 5.41) is 7.15. The van der Waals surface area contributed by atoms with Gasteiger partial charge in [-0.15, -0.1) is 11.3 Å². The van der Waals surface area contributed by atoms with E-state index in [1.54, 1.807) is 30.1 Å². The lowest BCUT2D eigenvalue weighted by atomic mass is 10.3. The van der Waals surface area contributed by atoms with E-state index in [4.69, 9.17) is 0 Å². The predicted molar refractivity (Wildman–Crippen MR) is 96.0 cm³/mol. The number of nitrogens with zero attached hydrogens (tertiary/aromatic N) is 3. The molecule has 0 fully saturated rings. The lowest BCUT2D eigenvalue weighted by Crippen LogP contribution is -2.25. The summed E-state index contributed by atoms with van der Waals surface area (Å²) in [7, 11) is 0. The van der Waals surface area contributed by atoms with Gasteiger partial charge in [0.1, 0.15) is 17.0 Å². The third kappa shape index (κ3) is 4.05. The standard InChI is InChI=1S/C17H19N5OS/c1-2-13-8-14-16(21-11-22-17(14)24-13)19-7-5-15(23)20-10-12-4-3-6-18-9-12/h3-4,6,8-9,11H,2,5,7,10H2,1H3,(H,20,23)(H,19,21,22). The van der Waals surface area contributed by atoms with Gasteiger partial charge in [0.15, 0.2) is 0 Å². The van der Waals surface area contributed by atoms with Gasteiger partial charge >= 0.3 is 0 Å². The van der Waals surface area contributed by atoms with Crippen molar-refractivity contribution in [1.29, 1.82) is 0 Å². The molecule has 0 radical (unpaired) electrons. The van der Waals surface area contributed by atoms with E-state index >= 15 is 0 Å². The van der Waals surface area contributed by atoms with E-state index in [9.17, 15) is 4.79 Å². The Morgan fingerprint density at radius 2 is 2.25 bits per heavy atom. The van der Waals surface area contributed by atoms with Gasteiger partial charge in [0.25, 0.3) is 0 Å². The number of rotatable bonds is 7. The van der Waals surface area contributed by atoms with Crippen LogP contribution < -0.4 is 10.6 Å². The van der Waals surface area contributed by atoms with Gasteiger partial charge in [0.05, 0.1) is 5.39 Å². The van der Waals surface area contributed by atoms with E-state index in [2.05, 4.69) is 38.6 Å². The molecule has 0 unspecified atom stereocenters. The first-order chi connectivity index (χ1) is 11.8. The molecule has 7 heteroatoms. The van der Waals surface area contributed by atoms with Gasteiger partial charge in [-0.3, -0.25) is 9.78 Å². The number of carbonyl (C=O) groups excluding carboxylic acids is 1. The summed E-state index contributed by atoms with van der Waals surface area (Å²) in [5.41, 5.74) is 0.988. The molecule has 0 saturated carbocycles.